The number of rotatable bonds is 6. The number of halogens is 1. The van der Waals surface area contributed by atoms with E-state index in [4.69, 9.17) is 0 Å². The van der Waals surface area contributed by atoms with Crippen LogP contribution in [-0.2, 0) is 6.42 Å². The molecule has 1 aromatic carbocycles. The van der Waals surface area contributed by atoms with Crippen molar-refractivity contribution in [2.45, 2.75) is 32.7 Å². The Hall–Kier alpha value is -0.600. The van der Waals surface area contributed by atoms with Gasteiger partial charge in [0.2, 0.25) is 0 Å². The van der Waals surface area contributed by atoms with Crippen molar-refractivity contribution >= 4 is 15.9 Å². The topological polar surface area (TPSA) is 12.0 Å². The molecule has 0 aliphatic rings. The van der Waals surface area contributed by atoms with Crippen molar-refractivity contribution in [3.8, 4) is 0 Å². The van der Waals surface area contributed by atoms with Crippen molar-refractivity contribution in [2.75, 3.05) is 6.54 Å². The summed E-state index contributed by atoms with van der Waals surface area (Å²) in [4.78, 5) is 0. The van der Waals surface area contributed by atoms with Gasteiger partial charge in [-0.3, -0.25) is 0 Å². The van der Waals surface area contributed by atoms with Crippen LogP contribution in [0.5, 0.6) is 0 Å². The number of aryl methyl sites for hydroxylation is 1. The number of benzene rings is 1. The van der Waals surface area contributed by atoms with Gasteiger partial charge in [0.25, 0.3) is 0 Å². The average molecular weight is 282 g/mol. The summed E-state index contributed by atoms with van der Waals surface area (Å²) in [6.45, 7) is 9.00. The van der Waals surface area contributed by atoms with E-state index < -0.39 is 0 Å². The third-order valence-electron chi connectivity index (χ3n) is 2.62. The Morgan fingerprint density at radius 2 is 2.00 bits per heavy atom. The lowest BCUT2D eigenvalue weighted by Crippen LogP contribution is -2.19. The van der Waals surface area contributed by atoms with E-state index in [0.717, 1.165) is 11.0 Å². The van der Waals surface area contributed by atoms with Gasteiger partial charge in [0.05, 0.1) is 0 Å². The molecule has 1 aromatic rings. The first-order valence-corrected chi connectivity index (χ1v) is 6.58. The van der Waals surface area contributed by atoms with Crippen molar-refractivity contribution in [2.24, 2.45) is 0 Å². The van der Waals surface area contributed by atoms with E-state index in [2.05, 4.69) is 65.9 Å². The van der Waals surface area contributed by atoms with Crippen molar-refractivity contribution in [1.29, 1.82) is 0 Å². The Kier molecular flexibility index (Phi) is 5.78. The van der Waals surface area contributed by atoms with Crippen LogP contribution in [-0.4, -0.2) is 6.54 Å². The zero-order valence-corrected chi connectivity index (χ0v) is 11.7. The highest BCUT2D eigenvalue weighted by Gasteiger charge is 2.04. The molecule has 88 valence electrons. The number of hydrogen-bond donors (Lipinski definition) is 1. The normalized spacial score (nSPS) is 12.4. The van der Waals surface area contributed by atoms with E-state index in [-0.39, 0.29) is 0 Å². The van der Waals surface area contributed by atoms with Crippen LogP contribution in [0.1, 0.15) is 37.4 Å². The Morgan fingerprint density at radius 1 is 1.38 bits per heavy atom. The lowest BCUT2D eigenvalue weighted by Gasteiger charge is -2.14. The highest BCUT2D eigenvalue weighted by atomic mass is 79.9. The smallest absolute Gasteiger partial charge is 0.0295 e. The van der Waals surface area contributed by atoms with Gasteiger partial charge in [-0.25, -0.2) is 0 Å². The minimum atomic E-state index is 0.366. The Bertz CT molecular complexity index is 329. The lowest BCUT2D eigenvalue weighted by molar-refractivity contribution is 0.615. The van der Waals surface area contributed by atoms with Crippen LogP contribution < -0.4 is 5.32 Å². The van der Waals surface area contributed by atoms with Gasteiger partial charge >= 0.3 is 0 Å². The summed E-state index contributed by atoms with van der Waals surface area (Å²) in [7, 11) is 0. The molecule has 0 amide bonds. The minimum absolute atomic E-state index is 0.366. The van der Waals surface area contributed by atoms with Gasteiger partial charge in [-0.05, 0) is 24.5 Å². The first kappa shape index (κ1) is 13.5. The van der Waals surface area contributed by atoms with Crippen LogP contribution in [0.15, 0.2) is 35.3 Å². The molecule has 0 aromatic heterocycles. The maximum atomic E-state index is 3.81. The van der Waals surface area contributed by atoms with Crippen LogP contribution >= 0.6 is 15.9 Å². The molecule has 0 radical (unpaired) electrons. The molecule has 0 fully saturated rings. The van der Waals surface area contributed by atoms with Crippen LogP contribution in [0.2, 0.25) is 0 Å². The molecule has 0 spiro atoms. The molecule has 0 saturated carbocycles. The standard InChI is InChI=1S/C14H20BrN/c1-4-5-13-6-8-14(9-7-13)12(3)16-10-11(2)15/h6-9,12,16H,2,4-5,10H2,1,3H3. The van der Waals surface area contributed by atoms with Crippen LogP contribution in [0.25, 0.3) is 0 Å². The summed E-state index contributed by atoms with van der Waals surface area (Å²) in [5.41, 5.74) is 2.75. The number of hydrogen-bond acceptors (Lipinski definition) is 1. The van der Waals surface area contributed by atoms with Crippen LogP contribution in [0, 0.1) is 0 Å². The summed E-state index contributed by atoms with van der Waals surface area (Å²) < 4.78 is 0.988. The van der Waals surface area contributed by atoms with Gasteiger partial charge in [0.1, 0.15) is 0 Å². The molecule has 1 nitrogen and oxygen atoms in total. The molecule has 0 heterocycles. The maximum Gasteiger partial charge on any atom is 0.0295 e. The van der Waals surface area contributed by atoms with E-state index in [1.54, 1.807) is 0 Å². The van der Waals surface area contributed by atoms with Crippen molar-refractivity contribution < 1.29 is 0 Å². The van der Waals surface area contributed by atoms with E-state index in [0.29, 0.717) is 6.04 Å². The van der Waals surface area contributed by atoms with E-state index >= 15 is 0 Å². The maximum absolute atomic E-state index is 3.81. The quantitative estimate of drug-likeness (QED) is 0.824. The van der Waals surface area contributed by atoms with Crippen molar-refractivity contribution in [3.05, 3.63) is 46.5 Å². The molecule has 0 aliphatic heterocycles. The molecule has 1 rings (SSSR count). The highest BCUT2D eigenvalue weighted by Crippen LogP contribution is 2.14. The highest BCUT2D eigenvalue weighted by molar-refractivity contribution is 9.11. The molecule has 2 heteroatoms. The zero-order chi connectivity index (χ0) is 12.0. The number of nitrogens with one attached hydrogen (secondary N) is 1. The van der Waals surface area contributed by atoms with Crippen molar-refractivity contribution in [1.82, 2.24) is 5.32 Å². The summed E-state index contributed by atoms with van der Waals surface area (Å²) in [5.74, 6) is 0. The Morgan fingerprint density at radius 3 is 2.50 bits per heavy atom. The third kappa shape index (κ3) is 4.50. The van der Waals surface area contributed by atoms with E-state index in [9.17, 15) is 0 Å². The molecule has 0 saturated heterocycles. The van der Waals surface area contributed by atoms with Crippen LogP contribution in [0.3, 0.4) is 0 Å². The largest absolute Gasteiger partial charge is 0.306 e. The first-order valence-electron chi connectivity index (χ1n) is 5.79. The summed E-state index contributed by atoms with van der Waals surface area (Å²) in [6.07, 6.45) is 2.37. The summed E-state index contributed by atoms with van der Waals surface area (Å²) >= 11 is 3.35. The SMILES string of the molecule is C=C(Br)CNC(C)c1ccc(CCC)cc1. The molecular weight excluding hydrogens is 262 g/mol. The van der Waals surface area contributed by atoms with Gasteiger partial charge in [-0.15, -0.1) is 0 Å². The molecule has 1 atom stereocenters. The van der Waals surface area contributed by atoms with Gasteiger partial charge in [-0.1, -0.05) is 60.1 Å². The molecule has 0 bridgehead atoms. The lowest BCUT2D eigenvalue weighted by atomic mass is 10.0. The third-order valence-corrected chi connectivity index (χ3v) is 2.90. The van der Waals surface area contributed by atoms with Gasteiger partial charge in [0, 0.05) is 17.1 Å². The van der Waals surface area contributed by atoms with E-state index in [1.165, 1.54) is 24.0 Å². The summed E-state index contributed by atoms with van der Waals surface area (Å²) in [6, 6.07) is 9.23. The predicted octanol–water partition coefficient (Wildman–Crippen LogP) is 4.20. The second-order valence-electron chi connectivity index (χ2n) is 4.11. The zero-order valence-electron chi connectivity index (χ0n) is 10.1. The monoisotopic (exact) mass is 281 g/mol. The van der Waals surface area contributed by atoms with Crippen molar-refractivity contribution in [3.63, 3.8) is 0 Å². The first-order chi connectivity index (χ1) is 7.63. The fraction of sp³-hybridized carbons (Fsp3) is 0.429. The average Bonchev–Trinajstić information content (AvgIpc) is 2.27. The second kappa shape index (κ2) is 6.87. The molecule has 1 N–H and O–H groups in total. The molecule has 1 unspecified atom stereocenters. The second-order valence-corrected chi connectivity index (χ2v) is 5.23. The Labute approximate surface area is 107 Å². The fourth-order valence-electron chi connectivity index (χ4n) is 1.64. The predicted molar refractivity (Wildman–Crippen MR) is 74.9 cm³/mol. The van der Waals surface area contributed by atoms with Crippen LogP contribution in [0.4, 0.5) is 0 Å². The van der Waals surface area contributed by atoms with Gasteiger partial charge in [0.15, 0.2) is 0 Å². The molecule has 0 aliphatic carbocycles. The van der Waals surface area contributed by atoms with E-state index in [1.807, 2.05) is 0 Å². The summed E-state index contributed by atoms with van der Waals surface area (Å²) in [5, 5.41) is 3.40. The molecular formula is C14H20BrN. The fourth-order valence-corrected chi connectivity index (χ4v) is 1.81. The minimum Gasteiger partial charge on any atom is -0.306 e. The van der Waals surface area contributed by atoms with Gasteiger partial charge in [-0.2, -0.15) is 0 Å². The van der Waals surface area contributed by atoms with Gasteiger partial charge < -0.3 is 5.32 Å². The molecule has 16 heavy (non-hydrogen) atoms. The Balaban J connectivity index is 2.55.